The number of rotatable bonds is 3. The summed E-state index contributed by atoms with van der Waals surface area (Å²) in [7, 11) is 0. The molecule has 0 spiro atoms. The number of pyridine rings is 1. The Bertz CT molecular complexity index is 409. The van der Waals surface area contributed by atoms with Crippen molar-refractivity contribution in [2.24, 2.45) is 0 Å². The molecule has 2 N–H and O–H groups in total. The average Bonchev–Trinajstić information content (AvgIpc) is 2.40. The molecule has 1 aromatic heterocycles. The predicted octanol–water partition coefficient (Wildman–Crippen LogP) is 0.135. The number of anilines is 1. The maximum Gasteiger partial charge on any atom is 0.244 e. The van der Waals surface area contributed by atoms with E-state index in [9.17, 15) is 9.18 Å². The van der Waals surface area contributed by atoms with Crippen molar-refractivity contribution in [3.63, 3.8) is 0 Å². The lowest BCUT2D eigenvalue weighted by Crippen LogP contribution is -2.58. The van der Waals surface area contributed by atoms with Crippen LogP contribution in [0.25, 0.3) is 0 Å². The van der Waals surface area contributed by atoms with E-state index in [1.807, 2.05) is 11.8 Å². The van der Waals surface area contributed by atoms with E-state index in [1.54, 1.807) is 6.07 Å². The van der Waals surface area contributed by atoms with Crippen LogP contribution < -0.4 is 15.5 Å². The molecule has 0 saturated carbocycles. The van der Waals surface area contributed by atoms with E-state index < -0.39 is 0 Å². The van der Waals surface area contributed by atoms with Crippen molar-refractivity contribution in [3.05, 3.63) is 24.1 Å². The highest BCUT2D eigenvalue weighted by molar-refractivity contribution is 5.85. The van der Waals surface area contributed by atoms with Gasteiger partial charge in [-0.25, -0.2) is 9.37 Å². The van der Waals surface area contributed by atoms with Gasteiger partial charge < -0.3 is 15.5 Å². The molecule has 5 nitrogen and oxygen atoms in total. The quantitative estimate of drug-likeness (QED) is 0.803. The van der Waals surface area contributed by atoms with Crippen LogP contribution in [-0.2, 0) is 4.79 Å². The Morgan fingerprint density at radius 3 is 3.17 bits per heavy atom. The van der Waals surface area contributed by atoms with Gasteiger partial charge in [0.25, 0.3) is 0 Å². The molecule has 1 aliphatic rings. The van der Waals surface area contributed by atoms with Gasteiger partial charge in [0.1, 0.15) is 17.7 Å². The molecule has 0 aliphatic carbocycles. The Balaban J connectivity index is 2.17. The van der Waals surface area contributed by atoms with Gasteiger partial charge in [-0.1, -0.05) is 0 Å². The van der Waals surface area contributed by atoms with Crippen LogP contribution in [0.1, 0.15) is 6.92 Å². The van der Waals surface area contributed by atoms with E-state index in [4.69, 9.17) is 0 Å². The van der Waals surface area contributed by atoms with E-state index in [-0.39, 0.29) is 17.8 Å². The van der Waals surface area contributed by atoms with Crippen LogP contribution in [0.2, 0.25) is 0 Å². The smallest absolute Gasteiger partial charge is 0.244 e. The van der Waals surface area contributed by atoms with Gasteiger partial charge in [0, 0.05) is 26.2 Å². The molecule has 6 heteroatoms. The summed E-state index contributed by atoms with van der Waals surface area (Å²) in [5.74, 6) is 0.230. The number of hydrogen-bond acceptors (Lipinski definition) is 4. The van der Waals surface area contributed by atoms with Gasteiger partial charge in [0.05, 0.1) is 6.20 Å². The predicted molar refractivity (Wildman–Crippen MR) is 66.9 cm³/mol. The second-order valence-electron chi connectivity index (χ2n) is 4.14. The molecule has 1 aliphatic heterocycles. The minimum absolute atomic E-state index is 0.0316. The molecule has 2 heterocycles. The maximum atomic E-state index is 12.9. The zero-order valence-corrected chi connectivity index (χ0v) is 10.3. The van der Waals surface area contributed by atoms with Crippen molar-refractivity contribution < 1.29 is 9.18 Å². The van der Waals surface area contributed by atoms with E-state index in [0.717, 1.165) is 6.54 Å². The van der Waals surface area contributed by atoms with Gasteiger partial charge in [-0.15, -0.1) is 0 Å². The molecule has 1 aromatic rings. The van der Waals surface area contributed by atoms with Crippen LogP contribution in [-0.4, -0.2) is 43.1 Å². The summed E-state index contributed by atoms with van der Waals surface area (Å²) < 4.78 is 12.9. The van der Waals surface area contributed by atoms with Gasteiger partial charge >= 0.3 is 0 Å². The summed E-state index contributed by atoms with van der Waals surface area (Å²) in [5, 5.41) is 5.98. The SMILES string of the molecule is CCNC(=O)C1CNCCN1c1ccc(F)cn1. The second kappa shape index (κ2) is 5.77. The van der Waals surface area contributed by atoms with Crippen molar-refractivity contribution in [1.29, 1.82) is 0 Å². The first-order valence-corrected chi connectivity index (χ1v) is 6.09. The lowest BCUT2D eigenvalue weighted by atomic mass is 10.1. The van der Waals surface area contributed by atoms with E-state index >= 15 is 0 Å². The topological polar surface area (TPSA) is 57.3 Å². The molecule has 1 saturated heterocycles. The Hall–Kier alpha value is -1.69. The number of halogens is 1. The van der Waals surface area contributed by atoms with Gasteiger partial charge in [-0.3, -0.25) is 4.79 Å². The minimum atomic E-state index is -0.372. The van der Waals surface area contributed by atoms with Crippen molar-refractivity contribution in [2.45, 2.75) is 13.0 Å². The Kier molecular flexibility index (Phi) is 4.09. The fourth-order valence-electron chi connectivity index (χ4n) is 2.04. The van der Waals surface area contributed by atoms with Gasteiger partial charge in [-0.2, -0.15) is 0 Å². The molecule has 0 radical (unpaired) electrons. The minimum Gasteiger partial charge on any atom is -0.355 e. The van der Waals surface area contributed by atoms with Gasteiger partial charge in [0.15, 0.2) is 0 Å². The van der Waals surface area contributed by atoms with Crippen LogP contribution in [0, 0.1) is 5.82 Å². The first-order chi connectivity index (χ1) is 8.72. The third kappa shape index (κ3) is 2.76. The fraction of sp³-hybridized carbons (Fsp3) is 0.500. The monoisotopic (exact) mass is 252 g/mol. The van der Waals surface area contributed by atoms with Crippen LogP contribution in [0.4, 0.5) is 10.2 Å². The second-order valence-corrected chi connectivity index (χ2v) is 4.14. The lowest BCUT2D eigenvalue weighted by Gasteiger charge is -2.35. The maximum absolute atomic E-state index is 12.9. The number of nitrogens with zero attached hydrogens (tertiary/aromatic N) is 2. The van der Waals surface area contributed by atoms with Crippen LogP contribution in [0.15, 0.2) is 18.3 Å². The highest BCUT2D eigenvalue weighted by atomic mass is 19.1. The number of nitrogens with one attached hydrogen (secondary N) is 2. The molecule has 1 fully saturated rings. The molecular formula is C12H17FN4O. The number of carbonyl (C=O) groups is 1. The van der Waals surface area contributed by atoms with Crippen LogP contribution in [0.5, 0.6) is 0 Å². The first-order valence-electron chi connectivity index (χ1n) is 6.09. The molecule has 18 heavy (non-hydrogen) atoms. The van der Waals surface area contributed by atoms with Crippen molar-refractivity contribution in [3.8, 4) is 0 Å². The summed E-state index contributed by atoms with van der Waals surface area (Å²) in [4.78, 5) is 17.9. The third-order valence-corrected chi connectivity index (χ3v) is 2.90. The number of amides is 1. The average molecular weight is 252 g/mol. The number of carbonyl (C=O) groups excluding carboxylic acids is 1. The molecule has 1 unspecified atom stereocenters. The van der Waals surface area contributed by atoms with Crippen molar-refractivity contribution >= 4 is 11.7 Å². The molecule has 2 rings (SSSR count). The summed E-state index contributed by atoms with van der Waals surface area (Å²) in [6.45, 7) is 4.52. The summed E-state index contributed by atoms with van der Waals surface area (Å²) >= 11 is 0. The third-order valence-electron chi connectivity index (χ3n) is 2.90. The van der Waals surface area contributed by atoms with E-state index in [2.05, 4.69) is 15.6 Å². The summed E-state index contributed by atoms with van der Waals surface area (Å²) in [6.07, 6.45) is 1.17. The molecule has 0 aromatic carbocycles. The van der Waals surface area contributed by atoms with E-state index in [0.29, 0.717) is 25.5 Å². The summed E-state index contributed by atoms with van der Waals surface area (Å²) in [6, 6.07) is 2.67. The highest BCUT2D eigenvalue weighted by Crippen LogP contribution is 2.15. The van der Waals surface area contributed by atoms with Crippen LogP contribution in [0.3, 0.4) is 0 Å². The van der Waals surface area contributed by atoms with E-state index in [1.165, 1.54) is 12.3 Å². The fourth-order valence-corrected chi connectivity index (χ4v) is 2.04. The zero-order chi connectivity index (χ0) is 13.0. The number of likely N-dealkylation sites (N-methyl/N-ethyl adjacent to an activating group) is 1. The van der Waals surface area contributed by atoms with Gasteiger partial charge in [0.2, 0.25) is 5.91 Å². The highest BCUT2D eigenvalue weighted by Gasteiger charge is 2.29. The van der Waals surface area contributed by atoms with Crippen molar-refractivity contribution in [1.82, 2.24) is 15.6 Å². The zero-order valence-electron chi connectivity index (χ0n) is 10.3. The lowest BCUT2D eigenvalue weighted by molar-refractivity contribution is -0.122. The molecular weight excluding hydrogens is 235 g/mol. The number of aromatic nitrogens is 1. The molecule has 0 bridgehead atoms. The normalized spacial score (nSPS) is 19.7. The molecule has 1 atom stereocenters. The molecule has 1 amide bonds. The van der Waals surface area contributed by atoms with Crippen LogP contribution >= 0.6 is 0 Å². The Morgan fingerprint density at radius 2 is 2.50 bits per heavy atom. The van der Waals surface area contributed by atoms with Crippen molar-refractivity contribution in [2.75, 3.05) is 31.1 Å². The molecule has 98 valence electrons. The largest absolute Gasteiger partial charge is 0.355 e. The summed E-state index contributed by atoms with van der Waals surface area (Å²) in [5.41, 5.74) is 0. The standard InChI is InChI=1S/C12H17FN4O/c1-2-15-12(18)10-8-14-5-6-17(10)11-4-3-9(13)7-16-11/h3-4,7,10,14H,2,5-6,8H2,1H3,(H,15,18). The Morgan fingerprint density at radius 1 is 1.67 bits per heavy atom. The van der Waals surface area contributed by atoms with Gasteiger partial charge in [-0.05, 0) is 19.1 Å². The first kappa shape index (κ1) is 12.8. The Labute approximate surface area is 105 Å². The number of hydrogen-bond donors (Lipinski definition) is 2. The number of piperazine rings is 1.